The molecule has 0 radical (unpaired) electrons. The zero-order chi connectivity index (χ0) is 17.0. The van der Waals surface area contributed by atoms with E-state index >= 15 is 0 Å². The Morgan fingerprint density at radius 3 is 2.91 bits per heavy atom. The van der Waals surface area contributed by atoms with E-state index in [4.69, 9.17) is 14.3 Å². The number of rotatable bonds is 7. The second-order valence-corrected chi connectivity index (χ2v) is 5.80. The number of carboxylic acids is 1. The van der Waals surface area contributed by atoms with E-state index in [0.717, 1.165) is 9.86 Å². The normalized spacial score (nSPS) is 12.1. The lowest BCUT2D eigenvalue weighted by molar-refractivity contribution is -0.140. The number of carbonyl (C=O) groups excluding carboxylic acids is 1. The maximum Gasteiger partial charge on any atom is 0.328 e. The smallest absolute Gasteiger partial charge is 0.328 e. The van der Waals surface area contributed by atoms with E-state index in [-0.39, 0.29) is 19.0 Å². The van der Waals surface area contributed by atoms with Crippen LogP contribution in [0.25, 0.3) is 11.0 Å². The summed E-state index contributed by atoms with van der Waals surface area (Å²) in [5.41, 5.74) is 1.21. The van der Waals surface area contributed by atoms with E-state index in [1.165, 1.54) is 6.08 Å². The van der Waals surface area contributed by atoms with Crippen molar-refractivity contribution in [2.24, 2.45) is 0 Å². The van der Waals surface area contributed by atoms with Gasteiger partial charge in [-0.05, 0) is 25.1 Å². The van der Waals surface area contributed by atoms with Crippen molar-refractivity contribution in [3.05, 3.63) is 46.7 Å². The van der Waals surface area contributed by atoms with Gasteiger partial charge in [-0.1, -0.05) is 22.0 Å². The van der Waals surface area contributed by atoms with Gasteiger partial charge in [0.2, 0.25) is 0 Å². The van der Waals surface area contributed by atoms with Gasteiger partial charge >= 0.3 is 5.97 Å². The van der Waals surface area contributed by atoms with E-state index < -0.39 is 17.9 Å². The molecule has 0 spiro atoms. The van der Waals surface area contributed by atoms with Gasteiger partial charge in [0, 0.05) is 15.4 Å². The standard InChI is InChI=1S/C16H16BrNO5/c1-3-6-22-8-12(16(20)21)18-15(19)14-9(2)11-7-10(17)4-5-13(11)23-14/h3-5,7,12H,1,6,8H2,2H3,(H,18,19)(H,20,21). The zero-order valence-corrected chi connectivity index (χ0v) is 14.1. The van der Waals surface area contributed by atoms with E-state index in [1.54, 1.807) is 19.1 Å². The number of carboxylic acid groups (broad SMARTS) is 1. The third-order valence-electron chi connectivity index (χ3n) is 3.23. The van der Waals surface area contributed by atoms with Crippen molar-refractivity contribution in [2.45, 2.75) is 13.0 Å². The molecule has 1 unspecified atom stereocenters. The minimum Gasteiger partial charge on any atom is -0.480 e. The first-order valence-corrected chi connectivity index (χ1v) is 7.64. The number of hydrogen-bond acceptors (Lipinski definition) is 4. The van der Waals surface area contributed by atoms with Crippen molar-refractivity contribution in [3.8, 4) is 0 Å². The molecule has 1 aromatic carbocycles. The van der Waals surface area contributed by atoms with Crippen LogP contribution < -0.4 is 5.32 Å². The fourth-order valence-electron chi connectivity index (χ4n) is 2.08. The maximum absolute atomic E-state index is 12.3. The molecule has 0 bridgehead atoms. The highest BCUT2D eigenvalue weighted by Gasteiger charge is 2.24. The highest BCUT2D eigenvalue weighted by molar-refractivity contribution is 9.10. The molecule has 1 amide bonds. The summed E-state index contributed by atoms with van der Waals surface area (Å²) < 4.78 is 11.5. The Labute approximate surface area is 141 Å². The number of fused-ring (bicyclic) bond motifs is 1. The Morgan fingerprint density at radius 2 is 2.26 bits per heavy atom. The maximum atomic E-state index is 12.3. The third kappa shape index (κ3) is 4.00. The number of aryl methyl sites for hydroxylation is 1. The van der Waals surface area contributed by atoms with Crippen LogP contribution in [0.1, 0.15) is 16.1 Å². The summed E-state index contributed by atoms with van der Waals surface area (Å²) in [6, 6.07) is 4.22. The van der Waals surface area contributed by atoms with Crippen molar-refractivity contribution < 1.29 is 23.8 Å². The second-order valence-electron chi connectivity index (χ2n) is 4.89. The van der Waals surface area contributed by atoms with Gasteiger partial charge in [-0.2, -0.15) is 0 Å². The van der Waals surface area contributed by atoms with Crippen LogP contribution in [-0.2, 0) is 9.53 Å². The number of aliphatic carboxylic acids is 1. The van der Waals surface area contributed by atoms with Crippen molar-refractivity contribution >= 4 is 38.8 Å². The number of benzene rings is 1. The van der Waals surface area contributed by atoms with Crippen LogP contribution in [0.2, 0.25) is 0 Å². The van der Waals surface area contributed by atoms with Gasteiger partial charge in [-0.3, -0.25) is 4.79 Å². The average Bonchev–Trinajstić information content (AvgIpc) is 2.83. The van der Waals surface area contributed by atoms with Crippen molar-refractivity contribution in [2.75, 3.05) is 13.2 Å². The van der Waals surface area contributed by atoms with Gasteiger partial charge in [0.15, 0.2) is 11.8 Å². The lowest BCUT2D eigenvalue weighted by Crippen LogP contribution is -2.44. The highest BCUT2D eigenvalue weighted by Crippen LogP contribution is 2.28. The largest absolute Gasteiger partial charge is 0.480 e. The fourth-order valence-corrected chi connectivity index (χ4v) is 2.44. The summed E-state index contributed by atoms with van der Waals surface area (Å²) >= 11 is 3.36. The van der Waals surface area contributed by atoms with Crippen LogP contribution in [0.5, 0.6) is 0 Å². The van der Waals surface area contributed by atoms with Gasteiger partial charge in [0.05, 0.1) is 13.2 Å². The summed E-state index contributed by atoms with van der Waals surface area (Å²) in [5, 5.41) is 12.4. The number of halogens is 1. The van der Waals surface area contributed by atoms with Gasteiger partial charge in [0.1, 0.15) is 5.58 Å². The highest BCUT2D eigenvalue weighted by atomic mass is 79.9. The first-order chi connectivity index (χ1) is 10.9. The topological polar surface area (TPSA) is 88.8 Å². The molecule has 1 heterocycles. The minimum absolute atomic E-state index is 0.0908. The Kier molecular flexibility index (Phi) is 5.57. The molecule has 0 fully saturated rings. The number of ether oxygens (including phenoxy) is 1. The number of hydrogen-bond donors (Lipinski definition) is 2. The number of furan rings is 1. The monoisotopic (exact) mass is 381 g/mol. The van der Waals surface area contributed by atoms with Gasteiger partial charge < -0.3 is 19.6 Å². The molecule has 0 saturated carbocycles. The van der Waals surface area contributed by atoms with E-state index in [9.17, 15) is 9.59 Å². The molecule has 2 N–H and O–H groups in total. The Balaban J connectivity index is 2.20. The number of nitrogens with one attached hydrogen (secondary N) is 1. The average molecular weight is 382 g/mol. The minimum atomic E-state index is -1.18. The van der Waals surface area contributed by atoms with Crippen LogP contribution in [0, 0.1) is 6.92 Å². The Hall–Kier alpha value is -2.12. The van der Waals surface area contributed by atoms with Gasteiger partial charge in [-0.15, -0.1) is 6.58 Å². The molecule has 1 atom stereocenters. The zero-order valence-electron chi connectivity index (χ0n) is 12.5. The molecule has 1 aromatic heterocycles. The summed E-state index contributed by atoms with van der Waals surface area (Å²) in [4.78, 5) is 23.5. The predicted octanol–water partition coefficient (Wildman–Crippen LogP) is 2.89. The molecule has 0 saturated heterocycles. The predicted molar refractivity (Wildman–Crippen MR) is 88.6 cm³/mol. The van der Waals surface area contributed by atoms with E-state index in [0.29, 0.717) is 11.1 Å². The first kappa shape index (κ1) is 17.2. The van der Waals surface area contributed by atoms with E-state index in [2.05, 4.69) is 27.8 Å². The Bertz CT molecular complexity index is 752. The molecule has 2 aromatic rings. The van der Waals surface area contributed by atoms with Crippen molar-refractivity contribution in [1.29, 1.82) is 0 Å². The molecule has 0 aliphatic rings. The second kappa shape index (κ2) is 7.43. The molecular formula is C16H16BrNO5. The summed E-state index contributed by atoms with van der Waals surface area (Å²) in [5.74, 6) is -1.68. The van der Waals surface area contributed by atoms with Gasteiger partial charge in [0.25, 0.3) is 5.91 Å². The van der Waals surface area contributed by atoms with Crippen LogP contribution in [0.4, 0.5) is 0 Å². The van der Waals surface area contributed by atoms with Crippen LogP contribution in [-0.4, -0.2) is 36.2 Å². The number of carbonyl (C=O) groups is 2. The number of amides is 1. The molecule has 0 aliphatic carbocycles. The summed E-state index contributed by atoms with van der Waals surface area (Å²) in [7, 11) is 0. The molecule has 23 heavy (non-hydrogen) atoms. The first-order valence-electron chi connectivity index (χ1n) is 6.85. The Morgan fingerprint density at radius 1 is 1.52 bits per heavy atom. The van der Waals surface area contributed by atoms with Crippen molar-refractivity contribution in [3.63, 3.8) is 0 Å². The molecule has 7 heteroatoms. The lowest BCUT2D eigenvalue weighted by Gasteiger charge is -2.13. The molecule has 6 nitrogen and oxygen atoms in total. The molecule has 122 valence electrons. The van der Waals surface area contributed by atoms with Crippen LogP contribution in [0.3, 0.4) is 0 Å². The molecular weight excluding hydrogens is 366 g/mol. The van der Waals surface area contributed by atoms with E-state index in [1.807, 2.05) is 6.07 Å². The quantitative estimate of drug-likeness (QED) is 0.568. The molecule has 0 aliphatic heterocycles. The van der Waals surface area contributed by atoms with Crippen molar-refractivity contribution in [1.82, 2.24) is 5.32 Å². The summed E-state index contributed by atoms with van der Waals surface area (Å²) in [6.45, 7) is 5.27. The molecule has 2 rings (SSSR count). The fraction of sp³-hybridized carbons (Fsp3) is 0.250. The third-order valence-corrected chi connectivity index (χ3v) is 3.72. The lowest BCUT2D eigenvalue weighted by atomic mass is 10.1. The van der Waals surface area contributed by atoms with Crippen LogP contribution >= 0.6 is 15.9 Å². The van der Waals surface area contributed by atoms with Gasteiger partial charge in [-0.25, -0.2) is 4.79 Å². The summed E-state index contributed by atoms with van der Waals surface area (Å²) in [6.07, 6.45) is 1.50. The SMILES string of the molecule is C=CCOCC(NC(=O)c1oc2ccc(Br)cc2c1C)C(=O)O. The van der Waals surface area contributed by atoms with Crippen LogP contribution in [0.15, 0.2) is 39.7 Å².